The van der Waals surface area contributed by atoms with Crippen molar-refractivity contribution in [3.63, 3.8) is 0 Å². The zero-order valence-electron chi connectivity index (χ0n) is 8.10. The molecule has 0 saturated heterocycles. The van der Waals surface area contributed by atoms with E-state index in [0.29, 0.717) is 17.1 Å². The minimum Gasteiger partial charge on any atom is -0.443 e. The molecule has 0 bridgehead atoms. The molecule has 5 nitrogen and oxygen atoms in total. The van der Waals surface area contributed by atoms with Crippen molar-refractivity contribution in [2.24, 2.45) is 0 Å². The van der Waals surface area contributed by atoms with Crippen molar-refractivity contribution in [3.05, 3.63) is 36.4 Å². The molecule has 1 amide bonds. The number of hydrogen-bond donors (Lipinski definition) is 1. The second-order valence-corrected chi connectivity index (χ2v) is 2.85. The maximum atomic E-state index is 11.3. The number of aromatic nitrogens is 2. The monoisotopic (exact) mass is 203 g/mol. The lowest BCUT2D eigenvalue weighted by atomic mass is 10.2. The summed E-state index contributed by atoms with van der Waals surface area (Å²) in [6, 6.07) is 3.26. The Labute approximate surface area is 86.2 Å². The SMILES string of the molecule is CNC(=O)c1ccnc(-c2ncco2)c1. The van der Waals surface area contributed by atoms with Crippen LogP contribution in [0.3, 0.4) is 0 Å². The van der Waals surface area contributed by atoms with Crippen LogP contribution in [0.1, 0.15) is 10.4 Å². The van der Waals surface area contributed by atoms with Crippen LogP contribution in [0.25, 0.3) is 11.6 Å². The predicted octanol–water partition coefficient (Wildman–Crippen LogP) is 1.10. The normalized spacial score (nSPS) is 9.93. The van der Waals surface area contributed by atoms with Crippen molar-refractivity contribution in [2.75, 3.05) is 7.05 Å². The highest BCUT2D eigenvalue weighted by molar-refractivity contribution is 5.94. The van der Waals surface area contributed by atoms with Crippen molar-refractivity contribution in [1.29, 1.82) is 0 Å². The Morgan fingerprint density at radius 3 is 2.93 bits per heavy atom. The van der Waals surface area contributed by atoms with Crippen molar-refractivity contribution in [1.82, 2.24) is 15.3 Å². The highest BCUT2D eigenvalue weighted by Gasteiger charge is 2.08. The highest BCUT2D eigenvalue weighted by Crippen LogP contribution is 2.14. The van der Waals surface area contributed by atoms with Crippen LogP contribution in [-0.2, 0) is 0 Å². The second-order valence-electron chi connectivity index (χ2n) is 2.85. The van der Waals surface area contributed by atoms with Crippen LogP contribution in [0.5, 0.6) is 0 Å². The van der Waals surface area contributed by atoms with Gasteiger partial charge in [-0.05, 0) is 12.1 Å². The van der Waals surface area contributed by atoms with Crippen LogP contribution in [0, 0.1) is 0 Å². The lowest BCUT2D eigenvalue weighted by molar-refractivity contribution is 0.0963. The number of pyridine rings is 1. The van der Waals surface area contributed by atoms with Crippen LogP contribution in [-0.4, -0.2) is 22.9 Å². The topological polar surface area (TPSA) is 68.0 Å². The minimum absolute atomic E-state index is 0.162. The Morgan fingerprint density at radius 1 is 1.40 bits per heavy atom. The van der Waals surface area contributed by atoms with Gasteiger partial charge in [-0.2, -0.15) is 0 Å². The Balaban J connectivity index is 2.39. The van der Waals surface area contributed by atoms with Gasteiger partial charge < -0.3 is 9.73 Å². The van der Waals surface area contributed by atoms with Gasteiger partial charge in [0.2, 0.25) is 5.89 Å². The van der Waals surface area contributed by atoms with Gasteiger partial charge in [-0.3, -0.25) is 9.78 Å². The molecule has 0 saturated carbocycles. The van der Waals surface area contributed by atoms with E-state index in [2.05, 4.69) is 15.3 Å². The number of rotatable bonds is 2. The van der Waals surface area contributed by atoms with Crippen molar-refractivity contribution in [3.8, 4) is 11.6 Å². The zero-order chi connectivity index (χ0) is 10.7. The van der Waals surface area contributed by atoms with E-state index in [1.54, 1.807) is 25.4 Å². The molecule has 0 aliphatic rings. The summed E-state index contributed by atoms with van der Waals surface area (Å²) in [6.45, 7) is 0. The third kappa shape index (κ3) is 1.85. The van der Waals surface area contributed by atoms with Gasteiger partial charge >= 0.3 is 0 Å². The smallest absolute Gasteiger partial charge is 0.251 e. The fourth-order valence-corrected chi connectivity index (χ4v) is 1.18. The van der Waals surface area contributed by atoms with Crippen molar-refractivity contribution >= 4 is 5.91 Å². The number of oxazole rings is 1. The molecule has 0 fully saturated rings. The molecular formula is C10H9N3O2. The highest BCUT2D eigenvalue weighted by atomic mass is 16.3. The van der Waals surface area contributed by atoms with Crippen molar-refractivity contribution < 1.29 is 9.21 Å². The Hall–Kier alpha value is -2.17. The van der Waals surface area contributed by atoms with E-state index >= 15 is 0 Å². The van der Waals surface area contributed by atoms with E-state index in [1.807, 2.05) is 0 Å². The molecule has 0 aliphatic carbocycles. The number of amides is 1. The standard InChI is InChI=1S/C10H9N3O2/c1-11-9(14)7-2-3-12-8(6-7)10-13-4-5-15-10/h2-6H,1H3,(H,11,14). The summed E-state index contributed by atoms with van der Waals surface area (Å²) in [5.74, 6) is 0.242. The molecule has 0 radical (unpaired) electrons. The molecule has 0 unspecified atom stereocenters. The molecule has 15 heavy (non-hydrogen) atoms. The summed E-state index contributed by atoms with van der Waals surface area (Å²) >= 11 is 0. The third-order valence-corrected chi connectivity index (χ3v) is 1.90. The number of carbonyl (C=O) groups excluding carboxylic acids is 1. The molecule has 5 heteroatoms. The van der Waals surface area contributed by atoms with Crippen LogP contribution in [0.15, 0.2) is 35.2 Å². The summed E-state index contributed by atoms with van der Waals surface area (Å²) < 4.78 is 5.08. The van der Waals surface area contributed by atoms with E-state index < -0.39 is 0 Å². The van der Waals surface area contributed by atoms with E-state index in [1.165, 1.54) is 12.5 Å². The summed E-state index contributed by atoms with van der Waals surface area (Å²) in [4.78, 5) is 19.4. The van der Waals surface area contributed by atoms with E-state index in [4.69, 9.17) is 4.42 Å². The molecule has 2 rings (SSSR count). The van der Waals surface area contributed by atoms with E-state index in [9.17, 15) is 4.79 Å². The Morgan fingerprint density at radius 2 is 2.27 bits per heavy atom. The van der Waals surface area contributed by atoms with Gasteiger partial charge in [-0.25, -0.2) is 4.98 Å². The molecule has 76 valence electrons. The van der Waals surface area contributed by atoms with Gasteiger partial charge in [-0.15, -0.1) is 0 Å². The summed E-state index contributed by atoms with van der Waals surface area (Å²) in [5.41, 5.74) is 1.07. The zero-order valence-corrected chi connectivity index (χ0v) is 8.10. The van der Waals surface area contributed by atoms with E-state index in [0.717, 1.165) is 0 Å². The molecule has 1 N–H and O–H groups in total. The largest absolute Gasteiger partial charge is 0.443 e. The molecule has 0 atom stereocenters. The molecule has 0 spiro atoms. The molecule has 2 aromatic rings. The minimum atomic E-state index is -0.162. The van der Waals surface area contributed by atoms with E-state index in [-0.39, 0.29) is 5.91 Å². The maximum Gasteiger partial charge on any atom is 0.251 e. The first-order chi connectivity index (χ1) is 7.31. The quantitative estimate of drug-likeness (QED) is 0.793. The Kier molecular flexibility index (Phi) is 2.45. The molecule has 2 heterocycles. The van der Waals surface area contributed by atoms with Crippen LogP contribution < -0.4 is 5.32 Å². The van der Waals surface area contributed by atoms with Crippen LogP contribution in [0.4, 0.5) is 0 Å². The number of nitrogens with one attached hydrogen (secondary N) is 1. The third-order valence-electron chi connectivity index (χ3n) is 1.90. The molecule has 0 aromatic carbocycles. The van der Waals surface area contributed by atoms with Crippen LogP contribution in [0.2, 0.25) is 0 Å². The van der Waals surface area contributed by atoms with Gasteiger partial charge in [0.15, 0.2) is 0 Å². The molecule has 2 aromatic heterocycles. The average Bonchev–Trinajstić information content (AvgIpc) is 2.82. The van der Waals surface area contributed by atoms with Gasteiger partial charge in [0, 0.05) is 18.8 Å². The van der Waals surface area contributed by atoms with Gasteiger partial charge in [0.1, 0.15) is 12.0 Å². The first-order valence-electron chi connectivity index (χ1n) is 4.39. The van der Waals surface area contributed by atoms with Gasteiger partial charge in [0.25, 0.3) is 5.91 Å². The average molecular weight is 203 g/mol. The second kappa shape index (κ2) is 3.91. The summed E-state index contributed by atoms with van der Waals surface area (Å²) in [7, 11) is 1.58. The van der Waals surface area contributed by atoms with Crippen LogP contribution >= 0.6 is 0 Å². The predicted molar refractivity (Wildman–Crippen MR) is 53.1 cm³/mol. The molecule has 0 aliphatic heterocycles. The lowest BCUT2D eigenvalue weighted by Crippen LogP contribution is -2.17. The first-order valence-corrected chi connectivity index (χ1v) is 4.39. The number of hydrogen-bond acceptors (Lipinski definition) is 4. The summed E-state index contributed by atoms with van der Waals surface area (Å²) in [5, 5.41) is 2.54. The maximum absolute atomic E-state index is 11.3. The summed E-state index contributed by atoms with van der Waals surface area (Å²) in [6.07, 6.45) is 4.54. The first kappa shape index (κ1) is 9.39. The lowest BCUT2D eigenvalue weighted by Gasteiger charge is -2.00. The molecular weight excluding hydrogens is 194 g/mol. The van der Waals surface area contributed by atoms with Gasteiger partial charge in [-0.1, -0.05) is 0 Å². The Bertz CT molecular complexity index is 465. The fraction of sp³-hybridized carbons (Fsp3) is 0.100. The number of nitrogens with zero attached hydrogens (tertiary/aromatic N) is 2. The number of carbonyl (C=O) groups is 1. The van der Waals surface area contributed by atoms with Crippen molar-refractivity contribution in [2.45, 2.75) is 0 Å². The van der Waals surface area contributed by atoms with Gasteiger partial charge in [0.05, 0.1) is 6.20 Å². The fourth-order valence-electron chi connectivity index (χ4n) is 1.18.